The predicted molar refractivity (Wildman–Crippen MR) is 238 cm³/mol. The molecule has 1 fully saturated rings. The van der Waals surface area contributed by atoms with Crippen molar-refractivity contribution in [2.24, 2.45) is 21.9 Å². The first kappa shape index (κ1) is 47.0. The Hall–Kier alpha value is -4.14. The van der Waals surface area contributed by atoms with Gasteiger partial charge < -0.3 is 29.4 Å². The largest absolute Gasteiger partial charge is 0.493 e. The Balaban J connectivity index is 0.00000104. The van der Waals surface area contributed by atoms with E-state index in [1.165, 1.54) is 11.3 Å². The van der Waals surface area contributed by atoms with Gasteiger partial charge in [0.25, 0.3) is 0 Å². The van der Waals surface area contributed by atoms with Gasteiger partial charge in [-0.2, -0.15) is 5.10 Å². The molecule has 4 atom stereocenters. The van der Waals surface area contributed by atoms with Crippen molar-refractivity contribution < 1.29 is 19.4 Å². The first-order valence-electron chi connectivity index (χ1n) is 19.9. The van der Waals surface area contributed by atoms with Gasteiger partial charge in [0, 0.05) is 88.2 Å². The van der Waals surface area contributed by atoms with E-state index < -0.39 is 0 Å². The number of hydrazone groups is 1. The van der Waals surface area contributed by atoms with E-state index in [1.54, 1.807) is 25.2 Å². The average molecular weight is 777 g/mol. The number of carbonyl (C=O) groups excluding carboxylic acids is 1. The minimum absolute atomic E-state index is 0.0638. The van der Waals surface area contributed by atoms with Crippen molar-refractivity contribution in [1.29, 1.82) is 0 Å². The second kappa shape index (κ2) is 25.8. The minimum atomic E-state index is -0.134. The number of anilines is 3. The van der Waals surface area contributed by atoms with Gasteiger partial charge in [0.05, 0.1) is 25.7 Å². The van der Waals surface area contributed by atoms with Gasteiger partial charge in [-0.05, 0) is 100 Å². The van der Waals surface area contributed by atoms with E-state index >= 15 is 0 Å². The highest BCUT2D eigenvalue weighted by Gasteiger charge is 2.19. The van der Waals surface area contributed by atoms with Gasteiger partial charge in [0.1, 0.15) is 11.5 Å². The summed E-state index contributed by atoms with van der Waals surface area (Å²) in [7, 11) is 6.44. The fraction of sp³-hybridized carbons (Fsp3) is 0.523. The fourth-order valence-electron chi connectivity index (χ4n) is 5.89. The van der Waals surface area contributed by atoms with Crippen LogP contribution in [-0.4, -0.2) is 94.7 Å². The second-order valence-corrected chi connectivity index (χ2v) is 14.4. The summed E-state index contributed by atoms with van der Waals surface area (Å²) >= 11 is 0. The molecule has 11 heteroatoms. The molecule has 1 aliphatic heterocycles. The van der Waals surface area contributed by atoms with E-state index in [4.69, 9.17) is 14.6 Å². The Labute approximate surface area is 334 Å². The molecular weight excluding hydrogens is 707 g/mol. The summed E-state index contributed by atoms with van der Waals surface area (Å²) in [6.45, 7) is 21.3. The Morgan fingerprint density at radius 1 is 0.945 bits per heavy atom. The summed E-state index contributed by atoms with van der Waals surface area (Å²) in [6.07, 6.45) is 6.29. The standard InChI is InChI=1S/C36H49N6O3P.C6H14O.C2H6/c1-6-38-39(5)19-7-8-30(26-45-35-18-9-28(2)24-36(35)46)25-44-34-16-14-32(15-17-34)41-22-20-40(21-23-41)31-10-12-33(13-11-31)42(27-37-4)29(3)43;1-4-5(2)6(3)7;1-2/h6,9-18,24,27,30H,7-8,19-23,25-26,46H2,1-5H3;5-7H,4H2,1-3H3;1-2H3/b37-27?,38-6-;;/t30-;;/m1../s1. The van der Waals surface area contributed by atoms with Crippen LogP contribution < -0.4 is 29.5 Å². The number of aryl methyl sites for hydroxylation is 1. The molecule has 1 amide bonds. The molecule has 1 N–H and O–H groups in total. The molecule has 0 aliphatic carbocycles. The highest BCUT2D eigenvalue weighted by atomic mass is 31.0. The van der Waals surface area contributed by atoms with E-state index in [-0.39, 0.29) is 17.9 Å². The molecule has 0 spiro atoms. The lowest BCUT2D eigenvalue weighted by molar-refractivity contribution is -0.115. The predicted octanol–water partition coefficient (Wildman–Crippen LogP) is 8.06. The van der Waals surface area contributed by atoms with Gasteiger partial charge in [-0.1, -0.05) is 45.7 Å². The van der Waals surface area contributed by atoms with Crippen LogP contribution in [0, 0.1) is 18.8 Å². The van der Waals surface area contributed by atoms with Crippen LogP contribution in [0.2, 0.25) is 0 Å². The monoisotopic (exact) mass is 777 g/mol. The molecule has 3 aromatic rings. The van der Waals surface area contributed by atoms with E-state index in [1.807, 2.05) is 71.1 Å². The van der Waals surface area contributed by atoms with Crippen molar-refractivity contribution in [3.63, 3.8) is 0 Å². The fourth-order valence-corrected chi connectivity index (χ4v) is 6.33. The quantitative estimate of drug-likeness (QED) is 0.0642. The van der Waals surface area contributed by atoms with Crippen LogP contribution in [0.3, 0.4) is 0 Å². The van der Waals surface area contributed by atoms with E-state index in [2.05, 4.69) is 91.5 Å². The van der Waals surface area contributed by atoms with Crippen LogP contribution in [0.1, 0.15) is 73.3 Å². The zero-order valence-electron chi connectivity index (χ0n) is 35.2. The third kappa shape index (κ3) is 16.6. The molecule has 3 unspecified atom stereocenters. The van der Waals surface area contributed by atoms with Crippen LogP contribution in [0.25, 0.3) is 0 Å². The number of hydrogen-bond acceptors (Lipinski definition) is 9. The number of hydrogen-bond donors (Lipinski definition) is 1. The lowest BCUT2D eigenvalue weighted by Gasteiger charge is -2.37. The highest BCUT2D eigenvalue weighted by Crippen LogP contribution is 2.26. The molecule has 3 aromatic carbocycles. The van der Waals surface area contributed by atoms with Crippen molar-refractivity contribution in [1.82, 2.24) is 5.01 Å². The second-order valence-electron chi connectivity index (χ2n) is 13.8. The van der Waals surface area contributed by atoms with Crippen molar-refractivity contribution in [3.05, 3.63) is 72.3 Å². The van der Waals surface area contributed by atoms with Crippen molar-refractivity contribution in [2.75, 3.05) is 74.7 Å². The zero-order valence-corrected chi connectivity index (χ0v) is 36.4. The Morgan fingerprint density at radius 2 is 1.51 bits per heavy atom. The number of piperazine rings is 1. The number of amides is 1. The SMILES string of the molecule is C/C=N\N(C)CCC[C@H](COc1ccc(N2CCN(c3ccc(N(C=NC)C(C)=O)cc3)CC2)cc1)COc1ccc(C)cc1P.CC.CCC(C)C(C)O. The van der Waals surface area contributed by atoms with Crippen LogP contribution in [0.5, 0.6) is 11.5 Å². The molecule has 0 radical (unpaired) electrons. The van der Waals surface area contributed by atoms with E-state index in [9.17, 15) is 4.79 Å². The normalized spacial score (nSPS) is 14.3. The molecular formula is C44H69N6O4P. The molecule has 1 heterocycles. The highest BCUT2D eigenvalue weighted by molar-refractivity contribution is 7.27. The topological polar surface area (TPSA) is 93.4 Å². The zero-order chi connectivity index (χ0) is 40.8. The van der Waals surface area contributed by atoms with Gasteiger partial charge in [-0.3, -0.25) is 14.7 Å². The number of aliphatic hydroxyl groups excluding tert-OH is 1. The number of carbonyl (C=O) groups is 1. The third-order valence-corrected chi connectivity index (χ3v) is 10.00. The number of aliphatic hydroxyl groups is 1. The number of benzene rings is 3. The molecule has 10 nitrogen and oxygen atoms in total. The third-order valence-electron chi connectivity index (χ3n) is 9.54. The lowest BCUT2D eigenvalue weighted by atomic mass is 10.0. The maximum atomic E-state index is 12.0. The first-order valence-corrected chi connectivity index (χ1v) is 20.4. The summed E-state index contributed by atoms with van der Waals surface area (Å²) in [4.78, 5) is 22.3. The summed E-state index contributed by atoms with van der Waals surface area (Å²) in [5.41, 5.74) is 4.39. The molecule has 304 valence electrons. The van der Waals surface area contributed by atoms with Gasteiger partial charge in [0.2, 0.25) is 5.91 Å². The van der Waals surface area contributed by atoms with Crippen LogP contribution in [0.15, 0.2) is 76.8 Å². The Morgan fingerprint density at radius 3 is 1.98 bits per heavy atom. The minimum Gasteiger partial charge on any atom is -0.493 e. The van der Waals surface area contributed by atoms with Crippen LogP contribution >= 0.6 is 9.24 Å². The molecule has 1 aliphatic rings. The van der Waals surface area contributed by atoms with Gasteiger partial charge in [0.15, 0.2) is 0 Å². The van der Waals surface area contributed by atoms with Gasteiger partial charge >= 0.3 is 0 Å². The van der Waals surface area contributed by atoms with E-state index in [0.29, 0.717) is 19.1 Å². The molecule has 0 bridgehead atoms. The van der Waals surface area contributed by atoms with Crippen molar-refractivity contribution in [2.45, 2.75) is 80.8 Å². The van der Waals surface area contributed by atoms with Gasteiger partial charge in [-0.25, -0.2) is 0 Å². The smallest absolute Gasteiger partial charge is 0.229 e. The number of aliphatic imine (C=N–C) groups is 1. The Bertz CT molecular complexity index is 1560. The summed E-state index contributed by atoms with van der Waals surface area (Å²) in [5, 5.41) is 16.2. The molecule has 4 rings (SSSR count). The number of nitrogens with zero attached hydrogens (tertiary/aromatic N) is 6. The molecule has 0 aromatic heterocycles. The van der Waals surface area contributed by atoms with Crippen LogP contribution in [-0.2, 0) is 4.79 Å². The van der Waals surface area contributed by atoms with E-state index in [0.717, 1.165) is 80.2 Å². The van der Waals surface area contributed by atoms with Crippen molar-refractivity contribution in [3.8, 4) is 11.5 Å². The molecule has 0 saturated carbocycles. The number of ether oxygens (including phenoxy) is 2. The number of rotatable bonds is 17. The lowest BCUT2D eigenvalue weighted by Crippen LogP contribution is -2.46. The maximum Gasteiger partial charge on any atom is 0.229 e. The van der Waals surface area contributed by atoms with Crippen LogP contribution in [0.4, 0.5) is 17.1 Å². The maximum absolute atomic E-state index is 12.0. The van der Waals surface area contributed by atoms with Gasteiger partial charge in [-0.15, -0.1) is 9.24 Å². The summed E-state index contributed by atoms with van der Waals surface area (Å²) in [5.74, 6) is 2.41. The molecule has 55 heavy (non-hydrogen) atoms. The van der Waals surface area contributed by atoms with Crippen molar-refractivity contribution >= 4 is 50.1 Å². The Kier molecular flexibility index (Phi) is 22.1. The summed E-state index contributed by atoms with van der Waals surface area (Å²) < 4.78 is 12.5. The average Bonchev–Trinajstić information content (AvgIpc) is 3.19. The summed E-state index contributed by atoms with van der Waals surface area (Å²) in [6, 6.07) is 22.8. The first-order chi connectivity index (χ1) is 26.4. The molecule has 1 saturated heterocycles.